The molecule has 144 valence electrons. The predicted molar refractivity (Wildman–Crippen MR) is 107 cm³/mol. The number of carbonyl (C=O) groups is 2. The van der Waals surface area contributed by atoms with Gasteiger partial charge in [-0.1, -0.05) is 25.5 Å². The van der Waals surface area contributed by atoms with Crippen LogP contribution in [-0.4, -0.2) is 24.2 Å². The maximum Gasteiger partial charge on any atom is 0.315 e. The molecule has 7 heteroatoms. The number of nitrogens with one attached hydrogen (secondary N) is 3. The molecule has 0 bridgehead atoms. The Bertz CT molecular complexity index is 751. The molecule has 2 rings (SSSR count). The summed E-state index contributed by atoms with van der Waals surface area (Å²) >= 11 is 1.62. The average molecular weight is 389 g/mol. The van der Waals surface area contributed by atoms with Gasteiger partial charge in [0.2, 0.25) is 5.91 Å². The highest BCUT2D eigenvalue weighted by Crippen LogP contribution is 2.17. The van der Waals surface area contributed by atoms with Gasteiger partial charge < -0.3 is 16.0 Å². The van der Waals surface area contributed by atoms with Crippen molar-refractivity contribution in [2.24, 2.45) is 0 Å². The molecule has 3 N–H and O–H groups in total. The molecule has 1 atom stereocenters. The summed E-state index contributed by atoms with van der Waals surface area (Å²) in [5.41, 5.74) is 1.46. The van der Waals surface area contributed by atoms with Crippen LogP contribution in [0, 0.1) is 5.82 Å². The lowest BCUT2D eigenvalue weighted by Gasteiger charge is -2.18. The van der Waals surface area contributed by atoms with E-state index in [-0.39, 0.29) is 18.3 Å². The third-order valence-electron chi connectivity index (χ3n) is 3.92. The molecule has 1 unspecified atom stereocenters. The highest BCUT2D eigenvalue weighted by Gasteiger charge is 2.20. The minimum Gasteiger partial charge on any atom is -0.334 e. The van der Waals surface area contributed by atoms with E-state index in [0.29, 0.717) is 12.1 Å². The molecule has 0 spiro atoms. The van der Waals surface area contributed by atoms with E-state index < -0.39 is 12.1 Å². The summed E-state index contributed by atoms with van der Waals surface area (Å²) in [7, 11) is 0. The first-order valence-electron chi connectivity index (χ1n) is 8.75. The number of thioether (sulfide) groups is 1. The number of anilines is 1. The highest BCUT2D eigenvalue weighted by molar-refractivity contribution is 7.98. The molecular weight excluding hydrogens is 365 g/mol. The molecular formula is C20H24FN3O2S. The van der Waals surface area contributed by atoms with Crippen LogP contribution < -0.4 is 16.0 Å². The van der Waals surface area contributed by atoms with Crippen LogP contribution in [-0.2, 0) is 11.3 Å². The van der Waals surface area contributed by atoms with Gasteiger partial charge in [-0.15, -0.1) is 11.8 Å². The fraction of sp³-hybridized carbons (Fsp3) is 0.300. The van der Waals surface area contributed by atoms with Crippen LogP contribution in [0.4, 0.5) is 14.9 Å². The first-order chi connectivity index (χ1) is 13.0. The topological polar surface area (TPSA) is 70.2 Å². The third-order valence-corrected chi connectivity index (χ3v) is 4.67. The van der Waals surface area contributed by atoms with Gasteiger partial charge in [-0.25, -0.2) is 9.18 Å². The van der Waals surface area contributed by atoms with Crippen LogP contribution in [0.2, 0.25) is 0 Å². The standard InChI is InChI=1S/C20H24FN3O2S/c1-3-4-18(19(25)23-16-9-11-17(27-2)12-10-16)24-20(26)22-13-14-5-7-15(21)8-6-14/h5-12,18H,3-4,13H2,1-2H3,(H,23,25)(H2,22,24,26). The Hall–Kier alpha value is -2.54. The quantitative estimate of drug-likeness (QED) is 0.594. The van der Waals surface area contributed by atoms with Crippen molar-refractivity contribution >= 4 is 29.4 Å². The molecule has 0 aromatic heterocycles. The Balaban J connectivity index is 1.89. The Labute approximate surface area is 163 Å². The van der Waals surface area contributed by atoms with E-state index in [2.05, 4.69) is 16.0 Å². The number of urea groups is 1. The summed E-state index contributed by atoms with van der Waals surface area (Å²) < 4.78 is 12.9. The molecule has 0 aliphatic rings. The number of amides is 3. The number of benzene rings is 2. The van der Waals surface area contributed by atoms with E-state index >= 15 is 0 Å². The molecule has 5 nitrogen and oxygen atoms in total. The van der Waals surface area contributed by atoms with Gasteiger partial charge in [0, 0.05) is 17.1 Å². The predicted octanol–water partition coefficient (Wildman–Crippen LogP) is 4.15. The summed E-state index contributed by atoms with van der Waals surface area (Å²) in [6, 6.07) is 12.3. The van der Waals surface area contributed by atoms with Gasteiger partial charge in [0.05, 0.1) is 0 Å². The van der Waals surface area contributed by atoms with Crippen molar-refractivity contribution in [3.63, 3.8) is 0 Å². The Kier molecular flexibility index (Phi) is 8.13. The van der Waals surface area contributed by atoms with Gasteiger partial charge in [0.1, 0.15) is 11.9 Å². The van der Waals surface area contributed by atoms with E-state index in [4.69, 9.17) is 0 Å². The van der Waals surface area contributed by atoms with Gasteiger partial charge in [-0.2, -0.15) is 0 Å². The van der Waals surface area contributed by atoms with Crippen molar-refractivity contribution in [1.82, 2.24) is 10.6 Å². The minimum atomic E-state index is -0.636. The van der Waals surface area contributed by atoms with Gasteiger partial charge in [0.25, 0.3) is 0 Å². The van der Waals surface area contributed by atoms with Crippen molar-refractivity contribution in [2.45, 2.75) is 37.2 Å². The van der Waals surface area contributed by atoms with Crippen molar-refractivity contribution in [3.05, 3.63) is 59.9 Å². The summed E-state index contributed by atoms with van der Waals surface area (Å²) in [4.78, 5) is 25.7. The van der Waals surface area contributed by atoms with E-state index in [9.17, 15) is 14.0 Å². The average Bonchev–Trinajstić information content (AvgIpc) is 2.68. The maximum absolute atomic E-state index is 12.9. The summed E-state index contributed by atoms with van der Waals surface area (Å²) in [5.74, 6) is -0.584. The fourth-order valence-electron chi connectivity index (χ4n) is 2.46. The fourth-order valence-corrected chi connectivity index (χ4v) is 2.86. The van der Waals surface area contributed by atoms with Crippen LogP contribution in [0.1, 0.15) is 25.3 Å². The maximum atomic E-state index is 12.9. The molecule has 2 aromatic rings. The second-order valence-corrected chi connectivity index (χ2v) is 6.89. The Morgan fingerprint density at radius 3 is 2.33 bits per heavy atom. The van der Waals surface area contributed by atoms with Gasteiger partial charge in [-0.3, -0.25) is 4.79 Å². The molecule has 0 saturated heterocycles. The number of halogens is 1. The molecule has 0 aliphatic heterocycles. The van der Waals surface area contributed by atoms with E-state index in [1.54, 1.807) is 23.9 Å². The number of rotatable bonds is 8. The summed E-state index contributed by atoms with van der Waals surface area (Å²) in [5, 5.41) is 8.22. The van der Waals surface area contributed by atoms with Crippen molar-refractivity contribution in [2.75, 3.05) is 11.6 Å². The zero-order chi connectivity index (χ0) is 19.6. The zero-order valence-electron chi connectivity index (χ0n) is 15.4. The number of carbonyl (C=O) groups excluding carboxylic acids is 2. The molecule has 0 radical (unpaired) electrons. The van der Waals surface area contributed by atoms with E-state index in [0.717, 1.165) is 16.9 Å². The van der Waals surface area contributed by atoms with E-state index in [1.807, 2.05) is 37.4 Å². The first-order valence-corrected chi connectivity index (χ1v) is 9.98. The molecule has 3 amide bonds. The van der Waals surface area contributed by atoms with Crippen molar-refractivity contribution < 1.29 is 14.0 Å². The Morgan fingerprint density at radius 2 is 1.74 bits per heavy atom. The van der Waals surface area contributed by atoms with Crippen LogP contribution in [0.25, 0.3) is 0 Å². The molecule has 0 fully saturated rings. The van der Waals surface area contributed by atoms with Crippen LogP contribution in [0.3, 0.4) is 0 Å². The highest BCUT2D eigenvalue weighted by atomic mass is 32.2. The SMILES string of the molecule is CCCC(NC(=O)NCc1ccc(F)cc1)C(=O)Nc1ccc(SC)cc1. The minimum absolute atomic E-state index is 0.253. The van der Waals surface area contributed by atoms with Crippen LogP contribution in [0.5, 0.6) is 0 Å². The first kappa shape index (κ1) is 20.8. The van der Waals surface area contributed by atoms with Gasteiger partial charge in [0.15, 0.2) is 0 Å². The smallest absolute Gasteiger partial charge is 0.315 e. The van der Waals surface area contributed by atoms with Gasteiger partial charge in [-0.05, 0) is 54.6 Å². The summed E-state index contributed by atoms with van der Waals surface area (Å²) in [6.07, 6.45) is 3.26. The lowest BCUT2D eigenvalue weighted by atomic mass is 10.1. The molecule has 27 heavy (non-hydrogen) atoms. The van der Waals surface area contributed by atoms with Crippen molar-refractivity contribution in [1.29, 1.82) is 0 Å². The second kappa shape index (κ2) is 10.6. The number of hydrogen-bond donors (Lipinski definition) is 3. The normalized spacial score (nSPS) is 11.5. The largest absolute Gasteiger partial charge is 0.334 e. The molecule has 0 aliphatic carbocycles. The van der Waals surface area contributed by atoms with Crippen molar-refractivity contribution in [3.8, 4) is 0 Å². The third kappa shape index (κ3) is 6.94. The monoisotopic (exact) mass is 389 g/mol. The molecule has 0 heterocycles. The molecule has 0 saturated carbocycles. The van der Waals surface area contributed by atoms with Gasteiger partial charge >= 0.3 is 6.03 Å². The van der Waals surface area contributed by atoms with E-state index in [1.165, 1.54) is 12.1 Å². The van der Waals surface area contributed by atoms with Crippen LogP contribution in [0.15, 0.2) is 53.4 Å². The second-order valence-electron chi connectivity index (χ2n) is 6.01. The van der Waals surface area contributed by atoms with Crippen LogP contribution >= 0.6 is 11.8 Å². The number of hydrogen-bond acceptors (Lipinski definition) is 3. The zero-order valence-corrected chi connectivity index (χ0v) is 16.2. The Morgan fingerprint density at radius 1 is 1.07 bits per heavy atom. The molecule has 2 aromatic carbocycles. The lowest BCUT2D eigenvalue weighted by Crippen LogP contribution is -2.47. The lowest BCUT2D eigenvalue weighted by molar-refractivity contribution is -0.118. The summed E-state index contributed by atoms with van der Waals surface area (Å²) in [6.45, 7) is 2.20.